The molecule has 0 aromatic heterocycles. The lowest BCUT2D eigenvalue weighted by Crippen LogP contribution is -2.22. The lowest BCUT2D eigenvalue weighted by molar-refractivity contribution is -0.117. The maximum atomic E-state index is 11.7. The van der Waals surface area contributed by atoms with Gasteiger partial charge in [-0.1, -0.05) is 6.07 Å². The highest BCUT2D eigenvalue weighted by molar-refractivity contribution is 8.07. The van der Waals surface area contributed by atoms with Gasteiger partial charge in [0.2, 0.25) is 11.2 Å². The summed E-state index contributed by atoms with van der Waals surface area (Å²) >= 11 is -0.0901. The van der Waals surface area contributed by atoms with Crippen molar-refractivity contribution in [2.45, 2.75) is 0 Å². The van der Waals surface area contributed by atoms with Gasteiger partial charge in [0.25, 0.3) is 5.91 Å². The number of nitrogens with one attached hydrogen (secondary N) is 2. The van der Waals surface area contributed by atoms with Crippen molar-refractivity contribution in [2.75, 3.05) is 24.2 Å². The standard InChI is InChI=1S/C12H15N3O3S2/c1-13-6-11(19-2)8-3-4-9(10(16)5-8)15-7-12(17)14-20(15)18/h3-6,13,16H,7H2,1-2H3,(H,14,17)/b11-6-. The fourth-order valence-electron chi connectivity index (χ4n) is 1.83. The molecule has 1 fully saturated rings. The van der Waals surface area contributed by atoms with Gasteiger partial charge in [-0.2, -0.15) is 0 Å². The minimum atomic E-state index is -1.63. The predicted molar refractivity (Wildman–Crippen MR) is 82.3 cm³/mol. The van der Waals surface area contributed by atoms with Gasteiger partial charge in [0.05, 0.1) is 5.69 Å². The first-order valence-electron chi connectivity index (χ1n) is 5.80. The van der Waals surface area contributed by atoms with E-state index >= 15 is 0 Å². The molecule has 8 heteroatoms. The monoisotopic (exact) mass is 313 g/mol. The SMILES string of the molecule is CN/C=C(\SC)c1ccc(N2CC(=O)NS2=O)c(O)c1. The van der Waals surface area contributed by atoms with Crippen LogP contribution in [-0.2, 0) is 16.0 Å². The molecule has 3 N–H and O–H groups in total. The van der Waals surface area contributed by atoms with Crippen molar-refractivity contribution >= 4 is 39.4 Å². The van der Waals surface area contributed by atoms with Crippen LogP contribution in [0.2, 0.25) is 0 Å². The number of phenolic OH excluding ortho intramolecular Hbond substituents is 1. The number of thioether (sulfide) groups is 1. The third-order valence-electron chi connectivity index (χ3n) is 2.71. The Balaban J connectivity index is 2.33. The van der Waals surface area contributed by atoms with Gasteiger partial charge >= 0.3 is 0 Å². The second-order valence-corrected chi connectivity index (χ2v) is 6.01. The summed E-state index contributed by atoms with van der Waals surface area (Å²) < 4.78 is 15.3. The topological polar surface area (TPSA) is 81.7 Å². The molecular formula is C12H15N3O3S2. The van der Waals surface area contributed by atoms with Crippen LogP contribution < -0.4 is 14.3 Å². The highest BCUT2D eigenvalue weighted by Gasteiger charge is 2.28. The Morgan fingerprint density at radius 2 is 2.35 bits per heavy atom. The minimum absolute atomic E-state index is 0.0107. The number of carbonyl (C=O) groups is 1. The number of benzene rings is 1. The van der Waals surface area contributed by atoms with E-state index in [9.17, 15) is 14.1 Å². The first kappa shape index (κ1) is 14.7. The highest BCUT2D eigenvalue weighted by atomic mass is 32.2. The third-order valence-corrected chi connectivity index (χ3v) is 4.63. The van der Waals surface area contributed by atoms with E-state index < -0.39 is 11.2 Å². The molecular weight excluding hydrogens is 298 g/mol. The van der Waals surface area contributed by atoms with Crippen LogP contribution in [0.15, 0.2) is 24.4 Å². The van der Waals surface area contributed by atoms with Crippen LogP contribution in [-0.4, -0.2) is 35.1 Å². The Bertz CT molecular complexity index is 589. The second-order valence-electron chi connectivity index (χ2n) is 4.02. The zero-order valence-electron chi connectivity index (χ0n) is 11.0. The maximum absolute atomic E-state index is 11.7. The number of aromatic hydroxyl groups is 1. The highest BCUT2D eigenvalue weighted by Crippen LogP contribution is 2.34. The van der Waals surface area contributed by atoms with E-state index in [1.165, 1.54) is 4.31 Å². The number of carbonyl (C=O) groups excluding carboxylic acids is 1. The molecule has 0 spiro atoms. The Hall–Kier alpha value is -1.67. The van der Waals surface area contributed by atoms with E-state index in [0.29, 0.717) is 5.69 Å². The summed E-state index contributed by atoms with van der Waals surface area (Å²) in [6, 6.07) is 5.06. The van der Waals surface area contributed by atoms with Gasteiger partial charge in [0, 0.05) is 18.2 Å². The summed E-state index contributed by atoms with van der Waals surface area (Å²) in [7, 11) is 1.80. The summed E-state index contributed by atoms with van der Waals surface area (Å²) in [4.78, 5) is 12.2. The van der Waals surface area contributed by atoms with Crippen LogP contribution in [0.1, 0.15) is 5.56 Å². The van der Waals surface area contributed by atoms with Crippen molar-refractivity contribution < 1.29 is 14.1 Å². The molecule has 0 aliphatic carbocycles. The maximum Gasteiger partial charge on any atom is 0.253 e. The molecule has 1 saturated heterocycles. The molecule has 0 saturated carbocycles. The van der Waals surface area contributed by atoms with E-state index in [1.807, 2.05) is 18.5 Å². The van der Waals surface area contributed by atoms with Crippen molar-refractivity contribution in [3.63, 3.8) is 0 Å². The molecule has 108 valence electrons. The van der Waals surface area contributed by atoms with Crippen LogP contribution in [0.25, 0.3) is 4.91 Å². The molecule has 2 rings (SSSR count). The Labute approximate surface area is 124 Å². The van der Waals surface area contributed by atoms with Gasteiger partial charge < -0.3 is 10.4 Å². The Kier molecular flexibility index (Phi) is 4.56. The summed E-state index contributed by atoms with van der Waals surface area (Å²) in [5.74, 6) is -0.338. The van der Waals surface area contributed by atoms with Crippen LogP contribution in [0, 0.1) is 0 Å². The van der Waals surface area contributed by atoms with Gasteiger partial charge in [-0.25, -0.2) is 4.21 Å². The number of nitrogens with zero attached hydrogens (tertiary/aromatic N) is 1. The van der Waals surface area contributed by atoms with Gasteiger partial charge in [-0.05, 0) is 24.0 Å². The molecule has 1 aromatic carbocycles. The average molecular weight is 313 g/mol. The van der Waals surface area contributed by atoms with Crippen LogP contribution >= 0.6 is 11.8 Å². The predicted octanol–water partition coefficient (Wildman–Crippen LogP) is 0.788. The largest absolute Gasteiger partial charge is 0.506 e. The molecule has 1 unspecified atom stereocenters. The summed E-state index contributed by atoms with van der Waals surface area (Å²) in [5, 5.41) is 13.0. The van der Waals surface area contributed by atoms with Gasteiger partial charge in [0.1, 0.15) is 12.3 Å². The fourth-order valence-corrected chi connectivity index (χ4v) is 3.36. The van der Waals surface area contributed by atoms with Crippen molar-refractivity contribution in [3.8, 4) is 5.75 Å². The summed E-state index contributed by atoms with van der Waals surface area (Å²) in [5.41, 5.74) is 1.22. The first-order valence-corrected chi connectivity index (χ1v) is 8.13. The molecule has 0 radical (unpaired) electrons. The first-order chi connectivity index (χ1) is 9.56. The number of hydrogen-bond acceptors (Lipinski definition) is 5. The van der Waals surface area contributed by atoms with Crippen molar-refractivity contribution in [1.29, 1.82) is 0 Å². The van der Waals surface area contributed by atoms with E-state index in [1.54, 1.807) is 30.9 Å². The second kappa shape index (κ2) is 6.19. The summed E-state index contributed by atoms with van der Waals surface area (Å²) in [6.07, 6.45) is 3.77. The molecule has 1 amide bonds. The van der Waals surface area contributed by atoms with Crippen molar-refractivity contribution in [3.05, 3.63) is 30.0 Å². The normalized spacial score (nSPS) is 19.1. The molecule has 6 nitrogen and oxygen atoms in total. The molecule has 20 heavy (non-hydrogen) atoms. The Morgan fingerprint density at radius 3 is 2.85 bits per heavy atom. The van der Waals surface area contributed by atoms with E-state index in [2.05, 4.69) is 10.0 Å². The number of phenols is 1. The third kappa shape index (κ3) is 2.91. The number of rotatable bonds is 4. The van der Waals surface area contributed by atoms with E-state index in [0.717, 1.165) is 10.5 Å². The number of hydrogen-bond donors (Lipinski definition) is 3. The fraction of sp³-hybridized carbons (Fsp3) is 0.250. The average Bonchev–Trinajstić information content (AvgIpc) is 2.74. The van der Waals surface area contributed by atoms with Crippen LogP contribution in [0.5, 0.6) is 5.75 Å². The smallest absolute Gasteiger partial charge is 0.253 e. The minimum Gasteiger partial charge on any atom is -0.506 e. The molecule has 1 aliphatic rings. The zero-order valence-corrected chi connectivity index (χ0v) is 12.7. The number of amides is 1. The van der Waals surface area contributed by atoms with Gasteiger partial charge in [-0.15, -0.1) is 11.8 Å². The van der Waals surface area contributed by atoms with Crippen LogP contribution in [0.4, 0.5) is 5.69 Å². The van der Waals surface area contributed by atoms with E-state index in [-0.39, 0.29) is 18.2 Å². The zero-order chi connectivity index (χ0) is 14.7. The Morgan fingerprint density at radius 1 is 1.60 bits per heavy atom. The van der Waals surface area contributed by atoms with Crippen molar-refractivity contribution in [2.24, 2.45) is 0 Å². The molecule has 1 heterocycles. The molecule has 1 aliphatic heterocycles. The molecule has 1 aromatic rings. The number of anilines is 1. The molecule has 0 bridgehead atoms. The lowest BCUT2D eigenvalue weighted by Gasteiger charge is -2.16. The van der Waals surface area contributed by atoms with E-state index in [4.69, 9.17) is 0 Å². The lowest BCUT2D eigenvalue weighted by atomic mass is 10.2. The summed E-state index contributed by atoms with van der Waals surface area (Å²) in [6.45, 7) is -0.0265. The van der Waals surface area contributed by atoms with Crippen LogP contribution in [0.3, 0.4) is 0 Å². The van der Waals surface area contributed by atoms with Crippen molar-refractivity contribution in [1.82, 2.24) is 10.0 Å². The quantitative estimate of drug-likeness (QED) is 0.765. The molecule has 1 atom stereocenters. The van der Waals surface area contributed by atoms with Gasteiger partial charge in [-0.3, -0.25) is 13.8 Å². The van der Waals surface area contributed by atoms with Gasteiger partial charge in [0.15, 0.2) is 0 Å².